The van der Waals surface area contributed by atoms with Gasteiger partial charge in [-0.3, -0.25) is 0 Å². The van der Waals surface area contributed by atoms with E-state index in [9.17, 15) is 4.79 Å². The van der Waals surface area contributed by atoms with Gasteiger partial charge in [0.2, 0.25) is 0 Å². The molecule has 1 aliphatic rings. The summed E-state index contributed by atoms with van der Waals surface area (Å²) >= 11 is 0. The molecule has 3 nitrogen and oxygen atoms in total. The molecule has 14 heavy (non-hydrogen) atoms. The van der Waals surface area contributed by atoms with E-state index in [-0.39, 0.29) is 6.03 Å². The van der Waals surface area contributed by atoms with Crippen LogP contribution in [0, 0.1) is 0 Å². The summed E-state index contributed by atoms with van der Waals surface area (Å²) in [5.41, 5.74) is 7.57. The normalized spacial score (nSPS) is 17.6. The third kappa shape index (κ3) is 2.25. The van der Waals surface area contributed by atoms with Crippen LogP contribution < -0.4 is 5.73 Å². The number of rotatable bonds is 2. The van der Waals surface area contributed by atoms with Gasteiger partial charge in [-0.05, 0) is 24.5 Å². The molecule has 0 saturated carbocycles. The Bertz CT molecular complexity index is 302. The van der Waals surface area contributed by atoms with Gasteiger partial charge < -0.3 is 10.6 Å². The highest BCUT2D eigenvalue weighted by Crippen LogP contribution is 2.19. The molecule has 76 valence electrons. The number of amides is 2. The van der Waals surface area contributed by atoms with Gasteiger partial charge in [0.15, 0.2) is 0 Å². The number of urea groups is 1. The van der Waals surface area contributed by atoms with Gasteiger partial charge in [-0.2, -0.15) is 0 Å². The number of carbonyl (C=O) groups is 1. The second-order valence-corrected chi connectivity index (χ2v) is 3.26. The van der Waals surface area contributed by atoms with Crippen LogP contribution in [0.5, 0.6) is 0 Å². The van der Waals surface area contributed by atoms with Crippen molar-refractivity contribution in [3.05, 3.63) is 36.0 Å². The largest absolute Gasteiger partial charge is 0.351 e. The first-order chi connectivity index (χ1) is 6.69. The van der Waals surface area contributed by atoms with Crippen LogP contribution in [0.4, 0.5) is 4.79 Å². The van der Waals surface area contributed by atoms with Gasteiger partial charge in [-0.1, -0.05) is 24.8 Å². The first-order valence-corrected chi connectivity index (χ1v) is 4.70. The summed E-state index contributed by atoms with van der Waals surface area (Å²) < 4.78 is 0. The quantitative estimate of drug-likeness (QED) is 0.712. The van der Waals surface area contributed by atoms with Crippen molar-refractivity contribution in [3.63, 3.8) is 0 Å². The number of allylic oxidation sites excluding steroid dienone is 2. The Morgan fingerprint density at radius 3 is 2.79 bits per heavy atom. The lowest BCUT2D eigenvalue weighted by molar-refractivity contribution is 0.210. The topological polar surface area (TPSA) is 46.3 Å². The molecule has 0 unspecified atom stereocenters. The lowest BCUT2D eigenvalue weighted by Gasteiger charge is -2.27. The number of nitrogens with two attached hydrogens (primary N) is 1. The average Bonchev–Trinajstić information content (AvgIpc) is 2.18. The van der Waals surface area contributed by atoms with E-state index in [1.165, 1.54) is 5.57 Å². The summed E-state index contributed by atoms with van der Waals surface area (Å²) in [4.78, 5) is 12.6. The number of nitrogens with zero attached hydrogens (tertiary/aromatic N) is 1. The van der Waals surface area contributed by atoms with Crippen molar-refractivity contribution in [2.75, 3.05) is 13.1 Å². The van der Waals surface area contributed by atoms with E-state index in [4.69, 9.17) is 5.73 Å². The van der Waals surface area contributed by atoms with Crippen LogP contribution in [0.3, 0.4) is 0 Å². The van der Waals surface area contributed by atoms with E-state index in [1.54, 1.807) is 4.90 Å². The predicted molar refractivity (Wildman–Crippen MR) is 57.8 cm³/mol. The minimum atomic E-state index is -0.352. The molecular weight excluding hydrogens is 176 g/mol. The highest BCUT2D eigenvalue weighted by Gasteiger charge is 2.17. The van der Waals surface area contributed by atoms with E-state index in [0.29, 0.717) is 13.1 Å². The Balaban J connectivity index is 2.86. The van der Waals surface area contributed by atoms with Crippen LogP contribution >= 0.6 is 0 Å². The van der Waals surface area contributed by atoms with Crippen LogP contribution in [0.2, 0.25) is 0 Å². The molecule has 2 amide bonds. The molecule has 0 radical (unpaired) electrons. The molecule has 0 aromatic rings. The summed E-state index contributed by atoms with van der Waals surface area (Å²) in [6, 6.07) is -0.352. The second kappa shape index (κ2) is 4.65. The summed E-state index contributed by atoms with van der Waals surface area (Å²) in [5, 5.41) is 0. The van der Waals surface area contributed by atoms with Crippen LogP contribution in [-0.2, 0) is 0 Å². The van der Waals surface area contributed by atoms with E-state index < -0.39 is 0 Å². The number of hydrogen-bond donors (Lipinski definition) is 1. The second-order valence-electron chi connectivity index (χ2n) is 3.26. The zero-order chi connectivity index (χ0) is 10.6. The maximum Gasteiger partial charge on any atom is 0.315 e. The van der Waals surface area contributed by atoms with Gasteiger partial charge in [-0.25, -0.2) is 4.79 Å². The fraction of sp³-hybridized carbons (Fsp3) is 0.364. The smallest absolute Gasteiger partial charge is 0.315 e. The highest BCUT2D eigenvalue weighted by molar-refractivity contribution is 5.73. The Kier molecular flexibility index (Phi) is 3.51. The summed E-state index contributed by atoms with van der Waals surface area (Å²) in [7, 11) is 0. The van der Waals surface area contributed by atoms with Crippen molar-refractivity contribution in [1.29, 1.82) is 0 Å². The monoisotopic (exact) mass is 192 g/mol. The highest BCUT2D eigenvalue weighted by atomic mass is 16.2. The van der Waals surface area contributed by atoms with E-state index >= 15 is 0 Å². The molecule has 0 aromatic heterocycles. The third-order valence-electron chi connectivity index (χ3n) is 2.35. The number of hydrogen-bond acceptors (Lipinski definition) is 1. The van der Waals surface area contributed by atoms with E-state index in [2.05, 4.69) is 6.58 Å². The summed E-state index contributed by atoms with van der Waals surface area (Å²) in [5.74, 6) is 0. The maximum atomic E-state index is 11.0. The molecule has 0 atom stereocenters. The molecule has 2 N–H and O–H groups in total. The third-order valence-corrected chi connectivity index (χ3v) is 2.35. The van der Waals surface area contributed by atoms with Crippen LogP contribution in [-0.4, -0.2) is 24.0 Å². The van der Waals surface area contributed by atoms with Crippen molar-refractivity contribution in [2.45, 2.75) is 13.3 Å². The fourth-order valence-corrected chi connectivity index (χ4v) is 1.58. The predicted octanol–water partition coefficient (Wildman–Crippen LogP) is 1.83. The Labute approximate surface area is 84.6 Å². The number of primary amides is 1. The van der Waals surface area contributed by atoms with Crippen molar-refractivity contribution in [3.8, 4) is 0 Å². The molecule has 1 aliphatic heterocycles. The Morgan fingerprint density at radius 2 is 2.29 bits per heavy atom. The molecule has 0 spiro atoms. The minimum Gasteiger partial charge on any atom is -0.351 e. The van der Waals surface area contributed by atoms with E-state index in [1.807, 2.05) is 25.2 Å². The average molecular weight is 192 g/mol. The molecule has 0 aromatic carbocycles. The molecule has 3 heteroatoms. The van der Waals surface area contributed by atoms with Crippen molar-refractivity contribution in [1.82, 2.24) is 4.90 Å². The van der Waals surface area contributed by atoms with Gasteiger partial charge in [0.25, 0.3) is 0 Å². The van der Waals surface area contributed by atoms with Gasteiger partial charge >= 0.3 is 6.03 Å². The Morgan fingerprint density at radius 1 is 1.57 bits per heavy atom. The lowest BCUT2D eigenvalue weighted by Crippen LogP contribution is -2.40. The molecule has 0 aliphatic carbocycles. The van der Waals surface area contributed by atoms with Gasteiger partial charge in [0.05, 0.1) is 0 Å². The summed E-state index contributed by atoms with van der Waals surface area (Å²) in [6.45, 7) is 7.01. The van der Waals surface area contributed by atoms with Crippen molar-refractivity contribution in [2.24, 2.45) is 5.73 Å². The van der Waals surface area contributed by atoms with Gasteiger partial charge in [0, 0.05) is 13.1 Å². The molecular formula is C11H16N2O. The van der Waals surface area contributed by atoms with Crippen LogP contribution in [0.1, 0.15) is 13.3 Å². The molecule has 0 fully saturated rings. The molecule has 1 rings (SSSR count). The van der Waals surface area contributed by atoms with Crippen LogP contribution in [0.15, 0.2) is 36.0 Å². The van der Waals surface area contributed by atoms with Crippen molar-refractivity contribution < 1.29 is 4.79 Å². The standard InChI is InChI=1S/C11H16N2O/c1-3-5-10-8-13(11(12)14)7-6-9(10)4-2/h3-5H,2,6-8H2,1H3,(H2,12,14)/b5-3-. The number of carbonyl (C=O) groups excluding carboxylic acids is 1. The molecule has 0 bridgehead atoms. The van der Waals surface area contributed by atoms with Gasteiger partial charge in [-0.15, -0.1) is 0 Å². The van der Waals surface area contributed by atoms with E-state index in [0.717, 1.165) is 12.0 Å². The zero-order valence-electron chi connectivity index (χ0n) is 8.49. The first kappa shape index (κ1) is 10.6. The lowest BCUT2D eigenvalue weighted by atomic mass is 10.00. The maximum absolute atomic E-state index is 11.0. The fourth-order valence-electron chi connectivity index (χ4n) is 1.58. The molecule has 0 saturated heterocycles. The summed E-state index contributed by atoms with van der Waals surface area (Å²) in [6.07, 6.45) is 6.66. The van der Waals surface area contributed by atoms with Crippen LogP contribution in [0.25, 0.3) is 0 Å². The molecule has 1 heterocycles. The minimum absolute atomic E-state index is 0.352. The SMILES string of the molecule is C=CC1=C(/C=C\C)CN(C(N)=O)CC1. The Hall–Kier alpha value is -1.51. The zero-order valence-corrected chi connectivity index (χ0v) is 8.49. The first-order valence-electron chi connectivity index (χ1n) is 4.70. The van der Waals surface area contributed by atoms with Gasteiger partial charge in [0.1, 0.15) is 0 Å². The van der Waals surface area contributed by atoms with Crippen molar-refractivity contribution >= 4 is 6.03 Å².